The maximum Gasteiger partial charge on any atom is 0.0934 e. The largest absolute Gasteiger partial charge is 0.397 e. The van der Waals surface area contributed by atoms with Crippen molar-refractivity contribution in [2.75, 3.05) is 5.73 Å². The summed E-state index contributed by atoms with van der Waals surface area (Å²) < 4.78 is 0. The summed E-state index contributed by atoms with van der Waals surface area (Å²) in [5.74, 6) is 0. The summed E-state index contributed by atoms with van der Waals surface area (Å²) in [6.07, 6.45) is 1.86. The number of fused-ring (bicyclic) bond motifs is 1. The first-order chi connectivity index (χ1) is 7.24. The Morgan fingerprint density at radius 1 is 1.40 bits per heavy atom. The molecule has 2 aromatic rings. The van der Waals surface area contributed by atoms with Crippen molar-refractivity contribution in [1.82, 2.24) is 4.98 Å². The Bertz CT molecular complexity index is 482. The van der Waals surface area contributed by atoms with Crippen LogP contribution in [0.5, 0.6) is 0 Å². The van der Waals surface area contributed by atoms with Gasteiger partial charge in [0.05, 0.1) is 17.3 Å². The fraction of sp³-hybridized carbons (Fsp3) is 0.250. The summed E-state index contributed by atoms with van der Waals surface area (Å²) in [5.41, 5.74) is 8.09. The normalized spacial score (nSPS) is 12.9. The first kappa shape index (κ1) is 9.93. The summed E-state index contributed by atoms with van der Waals surface area (Å²) in [6, 6.07) is 7.64. The number of pyridine rings is 1. The van der Waals surface area contributed by atoms with Crippen molar-refractivity contribution in [1.29, 1.82) is 0 Å². The van der Waals surface area contributed by atoms with Crippen LogP contribution in [0.2, 0.25) is 0 Å². The van der Waals surface area contributed by atoms with Gasteiger partial charge in [-0.25, -0.2) is 0 Å². The van der Waals surface area contributed by atoms with Gasteiger partial charge in [0.1, 0.15) is 0 Å². The molecule has 0 amide bonds. The van der Waals surface area contributed by atoms with Crippen molar-refractivity contribution in [2.45, 2.75) is 19.4 Å². The van der Waals surface area contributed by atoms with E-state index in [1.54, 1.807) is 6.20 Å². The van der Waals surface area contributed by atoms with Gasteiger partial charge in [-0.05, 0) is 12.5 Å². The zero-order chi connectivity index (χ0) is 10.8. The number of nitrogen functional groups attached to an aromatic ring is 1. The lowest BCUT2D eigenvalue weighted by Gasteiger charge is -2.12. The Balaban J connectivity index is 2.65. The average molecular weight is 202 g/mol. The molecule has 0 bridgehead atoms. The molecule has 78 valence electrons. The van der Waals surface area contributed by atoms with E-state index >= 15 is 0 Å². The number of nitrogens with two attached hydrogens (primary N) is 1. The summed E-state index contributed by atoms with van der Waals surface area (Å²) in [6.45, 7) is 1.92. The van der Waals surface area contributed by atoms with Crippen molar-refractivity contribution >= 4 is 16.6 Å². The molecule has 0 saturated carbocycles. The van der Waals surface area contributed by atoms with Gasteiger partial charge in [-0.1, -0.05) is 25.1 Å². The van der Waals surface area contributed by atoms with Gasteiger partial charge in [-0.3, -0.25) is 4.98 Å². The first-order valence-corrected chi connectivity index (χ1v) is 5.05. The molecule has 15 heavy (non-hydrogen) atoms. The first-order valence-electron chi connectivity index (χ1n) is 5.05. The number of rotatable bonds is 2. The van der Waals surface area contributed by atoms with Crippen molar-refractivity contribution < 1.29 is 5.11 Å². The smallest absolute Gasteiger partial charge is 0.0934 e. The molecular formula is C12H14N2O. The highest BCUT2D eigenvalue weighted by molar-refractivity contribution is 5.90. The fourth-order valence-electron chi connectivity index (χ4n) is 1.69. The van der Waals surface area contributed by atoms with Crippen LogP contribution < -0.4 is 5.73 Å². The molecule has 0 radical (unpaired) electrons. The van der Waals surface area contributed by atoms with Gasteiger partial charge in [0, 0.05) is 17.1 Å². The molecule has 1 heterocycles. The number of aliphatic hydroxyl groups is 1. The van der Waals surface area contributed by atoms with Crippen LogP contribution >= 0.6 is 0 Å². The summed E-state index contributed by atoms with van der Waals surface area (Å²) >= 11 is 0. The van der Waals surface area contributed by atoms with E-state index in [1.807, 2.05) is 31.2 Å². The molecule has 3 N–H and O–H groups in total. The van der Waals surface area contributed by atoms with E-state index in [0.29, 0.717) is 12.1 Å². The minimum atomic E-state index is -0.503. The van der Waals surface area contributed by atoms with E-state index in [9.17, 15) is 5.11 Å². The van der Waals surface area contributed by atoms with Gasteiger partial charge < -0.3 is 10.8 Å². The van der Waals surface area contributed by atoms with Crippen molar-refractivity contribution in [3.63, 3.8) is 0 Å². The summed E-state index contributed by atoms with van der Waals surface area (Å²) in [5, 5.41) is 10.8. The standard InChI is InChI=1S/C12H14N2O/c1-2-10(15)9-6-5-8-4-3-7-14-12(8)11(9)13/h3-7,10,15H,2,13H2,1H3. The molecule has 3 heteroatoms. The maximum absolute atomic E-state index is 9.76. The monoisotopic (exact) mass is 202 g/mol. The minimum absolute atomic E-state index is 0.503. The number of hydrogen-bond acceptors (Lipinski definition) is 3. The van der Waals surface area contributed by atoms with Gasteiger partial charge in [0.2, 0.25) is 0 Å². The molecular weight excluding hydrogens is 188 g/mol. The average Bonchev–Trinajstić information content (AvgIpc) is 2.29. The zero-order valence-electron chi connectivity index (χ0n) is 8.64. The SMILES string of the molecule is CCC(O)c1ccc2cccnc2c1N. The van der Waals surface area contributed by atoms with Crippen molar-refractivity contribution in [3.8, 4) is 0 Å². The lowest BCUT2D eigenvalue weighted by atomic mass is 10.0. The molecule has 0 aliphatic carbocycles. The molecule has 1 aromatic heterocycles. The lowest BCUT2D eigenvalue weighted by molar-refractivity contribution is 0.174. The molecule has 0 spiro atoms. The predicted octanol–water partition coefficient (Wildman–Crippen LogP) is 2.26. The highest BCUT2D eigenvalue weighted by Gasteiger charge is 2.11. The van der Waals surface area contributed by atoms with E-state index in [2.05, 4.69) is 4.98 Å². The molecule has 3 nitrogen and oxygen atoms in total. The van der Waals surface area contributed by atoms with Crippen LogP contribution in [-0.4, -0.2) is 10.1 Å². The number of aromatic nitrogens is 1. The second kappa shape index (κ2) is 3.87. The number of aliphatic hydroxyl groups excluding tert-OH is 1. The Hall–Kier alpha value is -1.61. The lowest BCUT2D eigenvalue weighted by Crippen LogP contribution is -2.02. The number of anilines is 1. The van der Waals surface area contributed by atoms with Gasteiger partial charge in [0.25, 0.3) is 0 Å². The third-order valence-electron chi connectivity index (χ3n) is 2.59. The predicted molar refractivity (Wildman–Crippen MR) is 61.4 cm³/mol. The number of nitrogens with zero attached hydrogens (tertiary/aromatic N) is 1. The van der Waals surface area contributed by atoms with E-state index in [0.717, 1.165) is 16.5 Å². The number of hydrogen-bond donors (Lipinski definition) is 2. The molecule has 2 rings (SSSR count). The van der Waals surface area contributed by atoms with E-state index in [1.165, 1.54) is 0 Å². The Morgan fingerprint density at radius 2 is 2.20 bits per heavy atom. The van der Waals surface area contributed by atoms with Gasteiger partial charge in [-0.15, -0.1) is 0 Å². The van der Waals surface area contributed by atoms with E-state index < -0.39 is 6.10 Å². The van der Waals surface area contributed by atoms with Crippen LogP contribution in [0, 0.1) is 0 Å². The minimum Gasteiger partial charge on any atom is -0.397 e. The Labute approximate surface area is 88.6 Å². The molecule has 0 aliphatic rings. The quantitative estimate of drug-likeness (QED) is 0.734. The van der Waals surface area contributed by atoms with Crippen LogP contribution in [0.3, 0.4) is 0 Å². The van der Waals surface area contributed by atoms with Crippen molar-refractivity contribution in [2.24, 2.45) is 0 Å². The summed E-state index contributed by atoms with van der Waals surface area (Å²) in [4.78, 5) is 4.22. The van der Waals surface area contributed by atoms with E-state index in [-0.39, 0.29) is 0 Å². The van der Waals surface area contributed by atoms with Crippen LogP contribution in [0.4, 0.5) is 5.69 Å². The van der Waals surface area contributed by atoms with Gasteiger partial charge >= 0.3 is 0 Å². The second-order valence-corrected chi connectivity index (χ2v) is 3.57. The molecule has 0 aliphatic heterocycles. The topological polar surface area (TPSA) is 59.1 Å². The van der Waals surface area contributed by atoms with Crippen molar-refractivity contribution in [3.05, 3.63) is 36.0 Å². The molecule has 1 atom stereocenters. The second-order valence-electron chi connectivity index (χ2n) is 3.57. The summed E-state index contributed by atoms with van der Waals surface area (Å²) in [7, 11) is 0. The zero-order valence-corrected chi connectivity index (χ0v) is 8.64. The Kier molecular flexibility index (Phi) is 2.56. The van der Waals surface area contributed by atoms with Crippen LogP contribution in [0.15, 0.2) is 30.5 Å². The molecule has 0 saturated heterocycles. The van der Waals surface area contributed by atoms with Gasteiger partial charge in [0.15, 0.2) is 0 Å². The third-order valence-corrected chi connectivity index (χ3v) is 2.59. The molecule has 1 unspecified atom stereocenters. The van der Waals surface area contributed by atoms with E-state index in [4.69, 9.17) is 5.73 Å². The highest BCUT2D eigenvalue weighted by Crippen LogP contribution is 2.28. The molecule has 0 fully saturated rings. The Morgan fingerprint density at radius 3 is 2.93 bits per heavy atom. The van der Waals surface area contributed by atoms with Crippen LogP contribution in [0.25, 0.3) is 10.9 Å². The number of benzene rings is 1. The fourth-order valence-corrected chi connectivity index (χ4v) is 1.69. The van der Waals surface area contributed by atoms with Crippen LogP contribution in [0.1, 0.15) is 25.0 Å². The third kappa shape index (κ3) is 1.66. The highest BCUT2D eigenvalue weighted by atomic mass is 16.3. The van der Waals surface area contributed by atoms with Crippen LogP contribution in [-0.2, 0) is 0 Å². The molecule has 1 aromatic carbocycles. The maximum atomic E-state index is 9.76. The van der Waals surface area contributed by atoms with Gasteiger partial charge in [-0.2, -0.15) is 0 Å².